The molecule has 1 amide bonds. The molecule has 3 N–H and O–H groups in total. The molecule has 0 radical (unpaired) electrons. The number of nitrogens with one attached hydrogen (secondary N) is 1. The number of hydrogen-bond donors (Lipinski definition) is 2. The van der Waals surface area contributed by atoms with Gasteiger partial charge in [0.15, 0.2) is 0 Å². The maximum absolute atomic E-state index is 13.6. The van der Waals surface area contributed by atoms with Gasteiger partial charge in [0, 0.05) is 11.3 Å². The van der Waals surface area contributed by atoms with Gasteiger partial charge in [-0.05, 0) is 56.3 Å². The van der Waals surface area contributed by atoms with Crippen LogP contribution in [0.25, 0.3) is 0 Å². The summed E-state index contributed by atoms with van der Waals surface area (Å²) in [6.45, 7) is 3.84. The van der Waals surface area contributed by atoms with Crippen LogP contribution in [0.3, 0.4) is 0 Å². The van der Waals surface area contributed by atoms with Crippen LogP contribution in [-0.2, 0) is 0 Å². The zero-order chi connectivity index (χ0) is 15.4. The number of anilines is 2. The third-order valence-electron chi connectivity index (χ3n) is 2.73. The Balaban J connectivity index is 2.11. The van der Waals surface area contributed by atoms with Crippen molar-refractivity contribution >= 4 is 17.3 Å². The second kappa shape index (κ2) is 6.26. The summed E-state index contributed by atoms with van der Waals surface area (Å²) < 4.78 is 19.1. The van der Waals surface area contributed by atoms with Crippen LogP contribution in [0.1, 0.15) is 24.2 Å². The Bertz CT molecular complexity index is 639. The number of ether oxygens (including phenoxy) is 1. The van der Waals surface area contributed by atoms with E-state index in [1.54, 1.807) is 24.3 Å². The Morgan fingerprint density at radius 1 is 1.19 bits per heavy atom. The molecule has 0 unspecified atom stereocenters. The molecule has 5 heteroatoms. The third-order valence-corrected chi connectivity index (χ3v) is 2.73. The highest BCUT2D eigenvalue weighted by atomic mass is 19.1. The minimum Gasteiger partial charge on any atom is -0.491 e. The lowest BCUT2D eigenvalue weighted by molar-refractivity contribution is 0.102. The van der Waals surface area contributed by atoms with Crippen molar-refractivity contribution in [1.29, 1.82) is 0 Å². The van der Waals surface area contributed by atoms with Gasteiger partial charge in [-0.3, -0.25) is 4.79 Å². The number of carbonyl (C=O) groups is 1. The molecule has 2 aromatic rings. The molecule has 0 aromatic heterocycles. The van der Waals surface area contributed by atoms with Gasteiger partial charge in [0.25, 0.3) is 5.91 Å². The summed E-state index contributed by atoms with van der Waals surface area (Å²) in [6, 6.07) is 10.7. The number of amides is 1. The van der Waals surface area contributed by atoms with Crippen molar-refractivity contribution in [2.45, 2.75) is 20.0 Å². The van der Waals surface area contributed by atoms with E-state index in [1.165, 1.54) is 18.2 Å². The maximum atomic E-state index is 13.6. The molecular formula is C16H17FN2O2. The fraction of sp³-hybridized carbons (Fsp3) is 0.188. The maximum Gasteiger partial charge on any atom is 0.255 e. The Morgan fingerprint density at radius 2 is 1.86 bits per heavy atom. The SMILES string of the molecule is CC(C)Oc1ccc(C(=O)Nc2cc(N)ccc2F)cc1. The van der Waals surface area contributed by atoms with Gasteiger partial charge >= 0.3 is 0 Å². The van der Waals surface area contributed by atoms with Crippen LogP contribution in [0, 0.1) is 5.82 Å². The fourth-order valence-electron chi connectivity index (χ4n) is 1.79. The van der Waals surface area contributed by atoms with E-state index in [0.717, 1.165) is 0 Å². The summed E-state index contributed by atoms with van der Waals surface area (Å²) in [7, 11) is 0. The number of nitrogen functional groups attached to an aromatic ring is 1. The lowest BCUT2D eigenvalue weighted by Gasteiger charge is -2.10. The molecule has 0 aliphatic heterocycles. The van der Waals surface area contributed by atoms with E-state index < -0.39 is 11.7 Å². The van der Waals surface area contributed by atoms with E-state index >= 15 is 0 Å². The fourth-order valence-corrected chi connectivity index (χ4v) is 1.79. The van der Waals surface area contributed by atoms with Gasteiger partial charge in [-0.25, -0.2) is 4.39 Å². The molecule has 0 heterocycles. The Morgan fingerprint density at radius 3 is 2.48 bits per heavy atom. The number of hydrogen-bond acceptors (Lipinski definition) is 3. The third kappa shape index (κ3) is 3.95. The van der Waals surface area contributed by atoms with E-state index in [4.69, 9.17) is 10.5 Å². The highest BCUT2D eigenvalue weighted by Gasteiger charge is 2.10. The average Bonchev–Trinajstić information content (AvgIpc) is 2.43. The van der Waals surface area contributed by atoms with Gasteiger partial charge in [0.2, 0.25) is 0 Å². The predicted octanol–water partition coefficient (Wildman–Crippen LogP) is 3.45. The van der Waals surface area contributed by atoms with Gasteiger partial charge in [-0.15, -0.1) is 0 Å². The molecule has 0 aliphatic rings. The van der Waals surface area contributed by atoms with Gasteiger partial charge in [0.1, 0.15) is 11.6 Å². The molecule has 21 heavy (non-hydrogen) atoms. The quantitative estimate of drug-likeness (QED) is 0.847. The molecule has 0 saturated carbocycles. The summed E-state index contributed by atoms with van der Waals surface area (Å²) >= 11 is 0. The smallest absolute Gasteiger partial charge is 0.255 e. The highest BCUT2D eigenvalue weighted by molar-refractivity contribution is 6.04. The minimum atomic E-state index is -0.530. The van der Waals surface area contributed by atoms with E-state index in [0.29, 0.717) is 17.0 Å². The van der Waals surface area contributed by atoms with Gasteiger partial charge in [-0.2, -0.15) is 0 Å². The van der Waals surface area contributed by atoms with Gasteiger partial charge in [-0.1, -0.05) is 0 Å². The van der Waals surface area contributed by atoms with Crippen LogP contribution < -0.4 is 15.8 Å². The summed E-state index contributed by atoms with van der Waals surface area (Å²) in [5.74, 6) is -0.260. The van der Waals surface area contributed by atoms with Crippen molar-refractivity contribution in [3.8, 4) is 5.75 Å². The van der Waals surface area contributed by atoms with Crippen LogP contribution in [-0.4, -0.2) is 12.0 Å². The standard InChI is InChI=1S/C16H17FN2O2/c1-10(2)21-13-6-3-11(4-7-13)16(20)19-15-9-12(18)5-8-14(15)17/h3-10H,18H2,1-2H3,(H,19,20). The van der Waals surface area contributed by atoms with Gasteiger partial charge < -0.3 is 15.8 Å². The molecule has 0 fully saturated rings. The number of nitrogens with two attached hydrogens (primary N) is 1. The zero-order valence-corrected chi connectivity index (χ0v) is 11.9. The first-order valence-electron chi connectivity index (χ1n) is 6.59. The van der Waals surface area contributed by atoms with Crippen LogP contribution in [0.5, 0.6) is 5.75 Å². The Labute approximate surface area is 122 Å². The monoisotopic (exact) mass is 288 g/mol. The second-order valence-electron chi connectivity index (χ2n) is 4.88. The van der Waals surface area contributed by atoms with Crippen molar-refractivity contribution < 1.29 is 13.9 Å². The molecule has 0 saturated heterocycles. The average molecular weight is 288 g/mol. The van der Waals surface area contributed by atoms with Crippen molar-refractivity contribution in [3.63, 3.8) is 0 Å². The molecular weight excluding hydrogens is 271 g/mol. The summed E-state index contributed by atoms with van der Waals surface area (Å²) in [6.07, 6.45) is 0.0612. The van der Waals surface area contributed by atoms with Gasteiger partial charge in [0.05, 0.1) is 11.8 Å². The topological polar surface area (TPSA) is 64.3 Å². The summed E-state index contributed by atoms with van der Waals surface area (Å²) in [4.78, 5) is 12.1. The van der Waals surface area contributed by atoms with Crippen LogP contribution in [0.15, 0.2) is 42.5 Å². The number of carbonyl (C=O) groups excluding carboxylic acids is 1. The lowest BCUT2D eigenvalue weighted by atomic mass is 10.2. The normalized spacial score (nSPS) is 10.5. The first-order valence-corrected chi connectivity index (χ1v) is 6.59. The Hall–Kier alpha value is -2.56. The van der Waals surface area contributed by atoms with E-state index in [9.17, 15) is 9.18 Å². The number of benzene rings is 2. The van der Waals surface area contributed by atoms with Crippen LogP contribution in [0.2, 0.25) is 0 Å². The van der Waals surface area contributed by atoms with E-state index in [2.05, 4.69) is 5.32 Å². The second-order valence-corrected chi connectivity index (χ2v) is 4.88. The van der Waals surface area contributed by atoms with E-state index in [1.807, 2.05) is 13.8 Å². The Kier molecular flexibility index (Phi) is 4.42. The highest BCUT2D eigenvalue weighted by Crippen LogP contribution is 2.19. The molecule has 0 aliphatic carbocycles. The predicted molar refractivity (Wildman–Crippen MR) is 81.0 cm³/mol. The molecule has 0 atom stereocenters. The zero-order valence-electron chi connectivity index (χ0n) is 11.9. The van der Waals surface area contributed by atoms with Crippen molar-refractivity contribution in [1.82, 2.24) is 0 Å². The minimum absolute atomic E-state index is 0.0579. The largest absolute Gasteiger partial charge is 0.491 e. The molecule has 4 nitrogen and oxygen atoms in total. The van der Waals surface area contributed by atoms with Crippen molar-refractivity contribution in [2.75, 3.05) is 11.1 Å². The van der Waals surface area contributed by atoms with E-state index in [-0.39, 0.29) is 11.8 Å². The molecule has 0 spiro atoms. The molecule has 0 bridgehead atoms. The van der Waals surface area contributed by atoms with Crippen molar-refractivity contribution in [2.24, 2.45) is 0 Å². The molecule has 2 aromatic carbocycles. The van der Waals surface area contributed by atoms with Crippen LogP contribution in [0.4, 0.5) is 15.8 Å². The summed E-state index contributed by atoms with van der Waals surface area (Å²) in [5.41, 5.74) is 6.42. The number of halogens is 1. The summed E-state index contributed by atoms with van der Waals surface area (Å²) in [5, 5.41) is 2.49. The molecule has 110 valence electrons. The first kappa shape index (κ1) is 14.8. The van der Waals surface area contributed by atoms with Crippen LogP contribution >= 0.6 is 0 Å². The first-order chi connectivity index (χ1) is 9.95. The number of rotatable bonds is 4. The lowest BCUT2D eigenvalue weighted by Crippen LogP contribution is -2.13. The molecule has 2 rings (SSSR count). The van der Waals surface area contributed by atoms with Crippen molar-refractivity contribution in [3.05, 3.63) is 53.8 Å².